The van der Waals surface area contributed by atoms with Crippen LogP contribution >= 0.6 is 11.6 Å². The van der Waals surface area contributed by atoms with E-state index in [4.69, 9.17) is 11.6 Å². The topological polar surface area (TPSA) is 12.0 Å². The molecule has 0 aromatic carbocycles. The van der Waals surface area contributed by atoms with Gasteiger partial charge >= 0.3 is 0 Å². The number of hydrogen-bond acceptors (Lipinski definition) is 1. The first-order valence-electron chi connectivity index (χ1n) is 3.94. The lowest BCUT2D eigenvalue weighted by Gasteiger charge is -2.11. The summed E-state index contributed by atoms with van der Waals surface area (Å²) in [7, 11) is 0. The molecule has 0 amide bonds. The third-order valence-electron chi connectivity index (χ3n) is 1.99. The van der Waals surface area contributed by atoms with E-state index >= 15 is 0 Å². The standard InChI is InChI=1S/C8H12ClF2N/c1-6(9)5-12-7-2-3-8(10,11)4-7/h7,12H,1-5H2. The molecule has 1 rings (SSSR count). The molecule has 1 aliphatic carbocycles. The molecule has 0 radical (unpaired) electrons. The number of hydrogen-bond donors (Lipinski definition) is 1. The van der Waals surface area contributed by atoms with Crippen LogP contribution in [-0.2, 0) is 0 Å². The van der Waals surface area contributed by atoms with Gasteiger partial charge in [-0.15, -0.1) is 0 Å². The second-order valence-corrected chi connectivity index (χ2v) is 3.73. The van der Waals surface area contributed by atoms with Gasteiger partial charge in [-0.25, -0.2) is 8.78 Å². The molecule has 1 atom stereocenters. The summed E-state index contributed by atoms with van der Waals surface area (Å²) in [6.07, 6.45) is 0.438. The molecular formula is C8H12ClF2N. The van der Waals surface area contributed by atoms with Gasteiger partial charge in [-0.05, 0) is 6.42 Å². The Kier molecular flexibility index (Phi) is 3.07. The van der Waals surface area contributed by atoms with Crippen molar-refractivity contribution in [2.75, 3.05) is 6.54 Å². The molecule has 70 valence electrons. The van der Waals surface area contributed by atoms with Crippen LogP contribution in [0.5, 0.6) is 0 Å². The molecule has 1 saturated carbocycles. The van der Waals surface area contributed by atoms with Gasteiger partial charge in [0.15, 0.2) is 0 Å². The highest BCUT2D eigenvalue weighted by molar-refractivity contribution is 6.29. The first-order chi connectivity index (χ1) is 5.49. The fourth-order valence-corrected chi connectivity index (χ4v) is 1.46. The summed E-state index contributed by atoms with van der Waals surface area (Å²) in [5.41, 5.74) is 0. The van der Waals surface area contributed by atoms with Crippen LogP contribution in [0.4, 0.5) is 8.78 Å². The predicted molar refractivity (Wildman–Crippen MR) is 45.6 cm³/mol. The van der Waals surface area contributed by atoms with Crippen LogP contribution in [0.15, 0.2) is 11.6 Å². The SMILES string of the molecule is C=C(Cl)CNC1CCC(F)(F)C1. The number of rotatable bonds is 3. The monoisotopic (exact) mass is 195 g/mol. The Balaban J connectivity index is 2.24. The van der Waals surface area contributed by atoms with Crippen LogP contribution in [0.1, 0.15) is 19.3 Å². The second kappa shape index (κ2) is 3.71. The summed E-state index contributed by atoms with van der Waals surface area (Å²) >= 11 is 5.48. The van der Waals surface area contributed by atoms with E-state index in [1.807, 2.05) is 0 Å². The number of halogens is 3. The van der Waals surface area contributed by atoms with Crippen molar-refractivity contribution >= 4 is 11.6 Å². The van der Waals surface area contributed by atoms with Gasteiger partial charge in [0.25, 0.3) is 0 Å². The van der Waals surface area contributed by atoms with E-state index in [1.54, 1.807) is 0 Å². The molecule has 0 heterocycles. The molecule has 4 heteroatoms. The molecule has 1 unspecified atom stereocenters. The Labute approximate surface area is 75.8 Å². The maximum absolute atomic E-state index is 12.6. The van der Waals surface area contributed by atoms with Crippen molar-refractivity contribution in [2.45, 2.75) is 31.2 Å². The van der Waals surface area contributed by atoms with Crippen molar-refractivity contribution in [1.82, 2.24) is 5.32 Å². The molecule has 0 saturated heterocycles. The number of nitrogens with one attached hydrogen (secondary N) is 1. The summed E-state index contributed by atoms with van der Waals surface area (Å²) in [4.78, 5) is 0. The Hall–Kier alpha value is -0.150. The van der Waals surface area contributed by atoms with Crippen LogP contribution in [0.25, 0.3) is 0 Å². The van der Waals surface area contributed by atoms with Crippen LogP contribution in [-0.4, -0.2) is 18.5 Å². The van der Waals surface area contributed by atoms with Gasteiger partial charge in [0.2, 0.25) is 5.92 Å². The van der Waals surface area contributed by atoms with Crippen molar-refractivity contribution < 1.29 is 8.78 Å². The lowest BCUT2D eigenvalue weighted by Crippen LogP contribution is -2.28. The van der Waals surface area contributed by atoms with Crippen molar-refractivity contribution in [3.63, 3.8) is 0 Å². The minimum Gasteiger partial charge on any atom is -0.309 e. The molecule has 12 heavy (non-hydrogen) atoms. The van der Waals surface area contributed by atoms with Gasteiger partial charge in [-0.3, -0.25) is 0 Å². The average Bonchev–Trinajstić information content (AvgIpc) is 2.26. The van der Waals surface area contributed by atoms with E-state index in [-0.39, 0.29) is 18.9 Å². The van der Waals surface area contributed by atoms with Gasteiger partial charge in [0.1, 0.15) is 0 Å². The molecule has 0 bridgehead atoms. The predicted octanol–water partition coefficient (Wildman–Crippen LogP) is 2.52. The third-order valence-corrected chi connectivity index (χ3v) is 2.12. The third kappa shape index (κ3) is 3.07. The summed E-state index contributed by atoms with van der Waals surface area (Å²) in [6.45, 7) is 3.89. The Morgan fingerprint density at radius 2 is 2.33 bits per heavy atom. The minimum absolute atomic E-state index is 0.0145. The zero-order valence-corrected chi connectivity index (χ0v) is 7.50. The highest BCUT2D eigenvalue weighted by Gasteiger charge is 2.38. The first kappa shape index (κ1) is 9.93. The zero-order valence-electron chi connectivity index (χ0n) is 6.75. The molecule has 1 aliphatic rings. The fraction of sp³-hybridized carbons (Fsp3) is 0.750. The van der Waals surface area contributed by atoms with Crippen LogP contribution < -0.4 is 5.32 Å². The van der Waals surface area contributed by atoms with Gasteiger partial charge in [-0.2, -0.15) is 0 Å². The molecule has 0 aromatic rings. The molecule has 0 aliphatic heterocycles. The number of alkyl halides is 2. The first-order valence-corrected chi connectivity index (χ1v) is 4.32. The summed E-state index contributed by atoms with van der Waals surface area (Å²) < 4.78 is 25.2. The summed E-state index contributed by atoms with van der Waals surface area (Å²) in [6, 6.07) is -0.101. The molecule has 0 spiro atoms. The quantitative estimate of drug-likeness (QED) is 0.730. The van der Waals surface area contributed by atoms with Gasteiger partial charge in [-0.1, -0.05) is 18.2 Å². The van der Waals surface area contributed by atoms with E-state index in [2.05, 4.69) is 11.9 Å². The van der Waals surface area contributed by atoms with Crippen LogP contribution in [0, 0.1) is 0 Å². The van der Waals surface area contributed by atoms with Gasteiger partial charge < -0.3 is 5.32 Å². The molecule has 0 aromatic heterocycles. The second-order valence-electron chi connectivity index (χ2n) is 3.19. The Bertz CT molecular complexity index is 182. The highest BCUT2D eigenvalue weighted by Crippen LogP contribution is 2.34. The van der Waals surface area contributed by atoms with E-state index in [9.17, 15) is 8.78 Å². The van der Waals surface area contributed by atoms with Crippen molar-refractivity contribution in [3.8, 4) is 0 Å². The smallest absolute Gasteiger partial charge is 0.249 e. The maximum Gasteiger partial charge on any atom is 0.249 e. The van der Waals surface area contributed by atoms with Crippen molar-refractivity contribution in [2.24, 2.45) is 0 Å². The summed E-state index contributed by atoms with van der Waals surface area (Å²) in [5.74, 6) is -2.48. The fourth-order valence-electron chi connectivity index (χ4n) is 1.38. The molecule has 1 N–H and O–H groups in total. The largest absolute Gasteiger partial charge is 0.309 e. The average molecular weight is 196 g/mol. The Morgan fingerprint density at radius 3 is 2.75 bits per heavy atom. The normalized spacial score (nSPS) is 27.4. The molecular weight excluding hydrogens is 184 g/mol. The van der Waals surface area contributed by atoms with Crippen molar-refractivity contribution in [3.05, 3.63) is 11.6 Å². The zero-order chi connectivity index (χ0) is 9.19. The molecule has 1 fully saturated rings. The maximum atomic E-state index is 12.6. The van der Waals surface area contributed by atoms with Crippen molar-refractivity contribution in [1.29, 1.82) is 0 Å². The Morgan fingerprint density at radius 1 is 1.67 bits per heavy atom. The highest BCUT2D eigenvalue weighted by atomic mass is 35.5. The van der Waals surface area contributed by atoms with E-state index in [0.717, 1.165) is 0 Å². The van der Waals surface area contributed by atoms with Crippen LogP contribution in [0.2, 0.25) is 0 Å². The van der Waals surface area contributed by atoms with E-state index in [1.165, 1.54) is 0 Å². The van der Waals surface area contributed by atoms with E-state index < -0.39 is 5.92 Å². The van der Waals surface area contributed by atoms with Gasteiger partial charge in [0, 0.05) is 30.5 Å². The molecule has 1 nitrogen and oxygen atoms in total. The summed E-state index contributed by atoms with van der Waals surface area (Å²) in [5, 5.41) is 3.39. The van der Waals surface area contributed by atoms with Gasteiger partial charge in [0.05, 0.1) is 0 Å². The lowest BCUT2D eigenvalue weighted by molar-refractivity contribution is 0.00703. The lowest BCUT2D eigenvalue weighted by atomic mass is 10.2. The minimum atomic E-state index is -2.48. The van der Waals surface area contributed by atoms with Crippen LogP contribution in [0.3, 0.4) is 0 Å². The van der Waals surface area contributed by atoms with E-state index in [0.29, 0.717) is 18.0 Å².